The van der Waals surface area contributed by atoms with E-state index in [9.17, 15) is 9.59 Å². The topological polar surface area (TPSA) is 48.3 Å². The van der Waals surface area contributed by atoms with E-state index >= 15 is 0 Å². The highest BCUT2D eigenvalue weighted by Crippen LogP contribution is 2.43. The quantitative estimate of drug-likeness (QED) is 0.684. The molecule has 1 aliphatic rings. The summed E-state index contributed by atoms with van der Waals surface area (Å²) in [6.07, 6.45) is 4.45. The fraction of sp³-hybridized carbons (Fsp3) is 0.238. The van der Waals surface area contributed by atoms with Crippen LogP contribution in [0.3, 0.4) is 0 Å². The first-order valence-electron chi connectivity index (χ1n) is 8.42. The predicted octanol–water partition coefficient (Wildman–Crippen LogP) is 3.88. The highest BCUT2D eigenvalue weighted by atomic mass is 16.5. The van der Waals surface area contributed by atoms with Crippen LogP contribution >= 0.6 is 0 Å². The Morgan fingerprint density at radius 2 is 2.04 bits per heavy atom. The van der Waals surface area contributed by atoms with Gasteiger partial charge in [-0.15, -0.1) is 0 Å². The summed E-state index contributed by atoms with van der Waals surface area (Å²) in [4.78, 5) is 24.6. The maximum Gasteiger partial charge on any atom is 0.262 e. The van der Waals surface area contributed by atoms with Gasteiger partial charge in [-0.05, 0) is 49.1 Å². The molecule has 0 saturated carbocycles. The van der Waals surface area contributed by atoms with Crippen LogP contribution in [0.1, 0.15) is 39.4 Å². The second kappa shape index (κ2) is 5.88. The first-order chi connectivity index (χ1) is 12.2. The Labute approximate surface area is 146 Å². The Morgan fingerprint density at radius 1 is 1.28 bits per heavy atom. The number of benzene rings is 2. The Kier molecular flexibility index (Phi) is 3.68. The van der Waals surface area contributed by atoms with Gasteiger partial charge in [-0.2, -0.15) is 0 Å². The molecule has 0 N–H and O–H groups in total. The third-order valence-corrected chi connectivity index (χ3v) is 5.06. The molecule has 0 radical (unpaired) electrons. The summed E-state index contributed by atoms with van der Waals surface area (Å²) < 4.78 is 7.28. The number of ether oxygens (including phenoxy) is 1. The van der Waals surface area contributed by atoms with Crippen molar-refractivity contribution in [2.24, 2.45) is 0 Å². The summed E-state index contributed by atoms with van der Waals surface area (Å²) in [6.45, 7) is 1.98. The van der Waals surface area contributed by atoms with Crippen molar-refractivity contribution in [3.8, 4) is 5.75 Å². The van der Waals surface area contributed by atoms with Crippen LogP contribution in [0.25, 0.3) is 10.9 Å². The maximum absolute atomic E-state index is 13.0. The lowest BCUT2D eigenvalue weighted by molar-refractivity contribution is -0.109. The molecule has 1 unspecified atom stereocenters. The molecule has 0 aliphatic heterocycles. The molecule has 25 heavy (non-hydrogen) atoms. The van der Waals surface area contributed by atoms with Crippen LogP contribution in [0, 0.1) is 6.92 Å². The number of hydrogen-bond donors (Lipinski definition) is 0. The van der Waals surface area contributed by atoms with E-state index in [1.54, 1.807) is 11.7 Å². The van der Waals surface area contributed by atoms with E-state index < -0.39 is 0 Å². The lowest BCUT2D eigenvalue weighted by atomic mass is 9.83. The van der Waals surface area contributed by atoms with E-state index in [0.717, 1.165) is 52.5 Å². The zero-order valence-electron chi connectivity index (χ0n) is 14.3. The third-order valence-electron chi connectivity index (χ3n) is 5.06. The number of aldehydes is 1. The van der Waals surface area contributed by atoms with E-state index in [-0.39, 0.29) is 11.8 Å². The van der Waals surface area contributed by atoms with Gasteiger partial charge in [0, 0.05) is 28.6 Å². The molecule has 4 nitrogen and oxygen atoms in total. The predicted molar refractivity (Wildman–Crippen MR) is 96.5 cm³/mol. The van der Waals surface area contributed by atoms with Crippen molar-refractivity contribution in [1.29, 1.82) is 0 Å². The number of hydrogen-bond acceptors (Lipinski definition) is 3. The van der Waals surface area contributed by atoms with Crippen molar-refractivity contribution in [2.45, 2.75) is 25.7 Å². The average molecular weight is 333 g/mol. The molecule has 4 rings (SSSR count). The third kappa shape index (κ3) is 2.29. The van der Waals surface area contributed by atoms with Crippen LogP contribution in [0.15, 0.2) is 42.6 Å². The number of carbonyl (C=O) groups is 2. The lowest BCUT2D eigenvalue weighted by Gasteiger charge is -2.22. The molecule has 0 fully saturated rings. The molecule has 1 atom stereocenters. The first kappa shape index (κ1) is 15.6. The van der Waals surface area contributed by atoms with Gasteiger partial charge in [0.25, 0.3) is 5.91 Å². The van der Waals surface area contributed by atoms with Gasteiger partial charge in [0.05, 0.1) is 12.6 Å². The second-order valence-electron chi connectivity index (χ2n) is 6.51. The molecule has 4 heteroatoms. The van der Waals surface area contributed by atoms with E-state index in [1.165, 1.54) is 0 Å². The summed E-state index contributed by atoms with van der Waals surface area (Å²) >= 11 is 0. The summed E-state index contributed by atoms with van der Waals surface area (Å²) in [5, 5.41) is 1.00. The Morgan fingerprint density at radius 3 is 2.72 bits per heavy atom. The van der Waals surface area contributed by atoms with Crippen LogP contribution < -0.4 is 4.74 Å². The minimum absolute atomic E-state index is 0.0550. The largest absolute Gasteiger partial charge is 0.496 e. The maximum atomic E-state index is 13.0. The zero-order chi connectivity index (χ0) is 17.6. The minimum Gasteiger partial charge on any atom is -0.496 e. The zero-order valence-corrected chi connectivity index (χ0v) is 14.3. The molecule has 0 spiro atoms. The number of methoxy groups -OCH3 is 1. The Bertz CT molecular complexity index is 986. The molecule has 0 amide bonds. The molecule has 1 aliphatic carbocycles. The first-order valence-corrected chi connectivity index (χ1v) is 8.42. The van der Waals surface area contributed by atoms with Gasteiger partial charge in [-0.25, -0.2) is 0 Å². The summed E-state index contributed by atoms with van der Waals surface area (Å²) in [6, 6.07) is 11.2. The van der Waals surface area contributed by atoms with Crippen LogP contribution in [0.4, 0.5) is 0 Å². The van der Waals surface area contributed by atoms with Crippen molar-refractivity contribution in [1.82, 2.24) is 4.57 Å². The van der Waals surface area contributed by atoms with E-state index in [1.807, 2.05) is 49.5 Å². The van der Waals surface area contributed by atoms with Crippen LogP contribution in [-0.2, 0) is 11.2 Å². The molecule has 2 aromatic carbocycles. The van der Waals surface area contributed by atoms with Gasteiger partial charge >= 0.3 is 0 Å². The number of nitrogens with zero attached hydrogens (tertiary/aromatic N) is 1. The summed E-state index contributed by atoms with van der Waals surface area (Å²) in [7, 11) is 1.62. The molecule has 1 aromatic heterocycles. The number of rotatable bonds is 3. The molecule has 0 saturated heterocycles. The van der Waals surface area contributed by atoms with Gasteiger partial charge < -0.3 is 9.53 Å². The molecule has 0 bridgehead atoms. The molecular formula is C21H19NO3. The number of aromatic nitrogens is 1. The van der Waals surface area contributed by atoms with Crippen molar-refractivity contribution >= 4 is 23.1 Å². The highest BCUT2D eigenvalue weighted by molar-refractivity contribution is 6.06. The molecule has 1 heterocycles. The lowest BCUT2D eigenvalue weighted by Crippen LogP contribution is -2.12. The second-order valence-corrected chi connectivity index (χ2v) is 6.51. The van der Waals surface area contributed by atoms with Gasteiger partial charge in [0.2, 0.25) is 0 Å². The molecular weight excluding hydrogens is 314 g/mol. The van der Waals surface area contributed by atoms with E-state index in [4.69, 9.17) is 4.74 Å². The minimum atomic E-state index is -0.187. The van der Waals surface area contributed by atoms with Gasteiger partial charge in [0.15, 0.2) is 0 Å². The summed E-state index contributed by atoms with van der Waals surface area (Å²) in [5.41, 5.74) is 4.52. The summed E-state index contributed by atoms with van der Waals surface area (Å²) in [5.74, 6) is 0.488. The SMILES string of the molecule is COc1cc(C)c2c3c(cn2C(=O)c2ccccc2)CCC(C=O)c13. The molecule has 126 valence electrons. The smallest absolute Gasteiger partial charge is 0.262 e. The Balaban J connectivity index is 2.02. The van der Waals surface area contributed by atoms with E-state index in [0.29, 0.717) is 5.56 Å². The monoisotopic (exact) mass is 333 g/mol. The van der Waals surface area contributed by atoms with E-state index in [2.05, 4.69) is 0 Å². The highest BCUT2D eigenvalue weighted by Gasteiger charge is 2.29. The average Bonchev–Trinajstić information content (AvgIpc) is 3.05. The van der Waals surface area contributed by atoms with Crippen LogP contribution in [-0.4, -0.2) is 23.9 Å². The van der Waals surface area contributed by atoms with Crippen molar-refractivity contribution in [3.63, 3.8) is 0 Å². The van der Waals surface area contributed by atoms with Crippen molar-refractivity contribution < 1.29 is 14.3 Å². The van der Waals surface area contributed by atoms with Crippen molar-refractivity contribution in [2.75, 3.05) is 7.11 Å². The molecule has 3 aromatic rings. The van der Waals surface area contributed by atoms with Crippen LogP contribution in [0.5, 0.6) is 5.75 Å². The normalized spacial score (nSPS) is 16.0. The standard InChI is InChI=1S/C21H19NO3/c1-13-10-17(25-2)18-16(12-23)9-8-15-11-22(20(13)19(15)18)21(24)14-6-4-3-5-7-14/h3-7,10-12,16H,8-9H2,1-2H3. The van der Waals surface area contributed by atoms with Gasteiger partial charge in [-0.1, -0.05) is 18.2 Å². The van der Waals surface area contributed by atoms with Crippen LogP contribution in [0.2, 0.25) is 0 Å². The number of carbonyl (C=O) groups excluding carboxylic acids is 2. The fourth-order valence-electron chi connectivity index (χ4n) is 3.91. The number of aryl methyl sites for hydroxylation is 2. The Hall–Kier alpha value is -2.88. The van der Waals surface area contributed by atoms with Gasteiger partial charge in [-0.3, -0.25) is 9.36 Å². The van der Waals surface area contributed by atoms with Crippen molar-refractivity contribution in [3.05, 3.63) is 64.8 Å². The fourth-order valence-corrected chi connectivity index (χ4v) is 3.91. The van der Waals surface area contributed by atoms with Gasteiger partial charge in [0.1, 0.15) is 12.0 Å².